The molecule has 1 aliphatic carbocycles. The lowest BCUT2D eigenvalue weighted by Gasteiger charge is -2.43. The maximum atomic E-state index is 9.18. The minimum absolute atomic E-state index is 0.348. The Kier molecular flexibility index (Phi) is 5.54. The predicted molar refractivity (Wildman–Crippen MR) is 84.4 cm³/mol. The van der Waals surface area contributed by atoms with Gasteiger partial charge in [-0.3, -0.25) is 0 Å². The summed E-state index contributed by atoms with van der Waals surface area (Å²) in [7, 11) is 0. The molecule has 2 saturated heterocycles. The van der Waals surface area contributed by atoms with Gasteiger partial charge in [0.15, 0.2) is 0 Å². The van der Waals surface area contributed by atoms with Gasteiger partial charge in [-0.25, -0.2) is 0 Å². The van der Waals surface area contributed by atoms with E-state index in [2.05, 4.69) is 10.2 Å². The molecule has 3 aliphatic rings. The molecular weight excluding hydrogens is 264 g/mol. The molecule has 0 aromatic heterocycles. The quantitative estimate of drug-likeness (QED) is 0.749. The Labute approximate surface area is 129 Å². The van der Waals surface area contributed by atoms with Gasteiger partial charge in [0.05, 0.1) is 0 Å². The van der Waals surface area contributed by atoms with Gasteiger partial charge in [0.1, 0.15) is 0 Å². The monoisotopic (exact) mass is 296 g/mol. The van der Waals surface area contributed by atoms with Gasteiger partial charge in [0, 0.05) is 45.5 Å². The summed E-state index contributed by atoms with van der Waals surface area (Å²) >= 11 is 0. The highest BCUT2D eigenvalue weighted by Crippen LogP contribution is 2.34. The zero-order chi connectivity index (χ0) is 14.5. The summed E-state index contributed by atoms with van der Waals surface area (Å²) in [6.45, 7) is 7.03. The molecule has 0 amide bonds. The molecule has 21 heavy (non-hydrogen) atoms. The molecule has 2 heterocycles. The first-order valence-corrected chi connectivity index (χ1v) is 8.94. The van der Waals surface area contributed by atoms with Crippen molar-refractivity contribution in [3.8, 4) is 0 Å². The summed E-state index contributed by atoms with van der Waals surface area (Å²) in [6.07, 6.45) is 8.72. The minimum atomic E-state index is 0.348. The van der Waals surface area contributed by atoms with Gasteiger partial charge in [0.2, 0.25) is 0 Å². The van der Waals surface area contributed by atoms with Crippen LogP contribution < -0.4 is 5.32 Å². The third-order valence-electron chi connectivity index (χ3n) is 5.60. The first kappa shape index (κ1) is 15.7. The second kappa shape index (κ2) is 7.40. The SMILES string of the molecule is OCCC1CCCN(CC2(CNC3CC3)CCOCC2)C1. The summed E-state index contributed by atoms with van der Waals surface area (Å²) in [5.74, 6) is 0.706. The molecule has 122 valence electrons. The molecule has 2 aliphatic heterocycles. The number of piperidine rings is 1. The number of rotatable bonds is 7. The van der Waals surface area contributed by atoms with Crippen LogP contribution in [-0.4, -0.2) is 62.0 Å². The van der Waals surface area contributed by atoms with Crippen LogP contribution in [0.15, 0.2) is 0 Å². The van der Waals surface area contributed by atoms with Crippen molar-refractivity contribution in [3.05, 3.63) is 0 Å². The Hall–Kier alpha value is -0.160. The van der Waals surface area contributed by atoms with E-state index in [1.807, 2.05) is 0 Å². The van der Waals surface area contributed by atoms with Crippen LogP contribution in [0, 0.1) is 11.3 Å². The molecular formula is C17H32N2O2. The molecule has 0 spiro atoms. The van der Waals surface area contributed by atoms with Crippen molar-refractivity contribution in [2.24, 2.45) is 11.3 Å². The Morgan fingerprint density at radius 3 is 2.71 bits per heavy atom. The summed E-state index contributed by atoms with van der Waals surface area (Å²) in [5.41, 5.74) is 0.419. The largest absolute Gasteiger partial charge is 0.396 e. The fourth-order valence-corrected chi connectivity index (χ4v) is 4.03. The van der Waals surface area contributed by atoms with Gasteiger partial charge < -0.3 is 20.1 Å². The summed E-state index contributed by atoms with van der Waals surface area (Å²) in [6, 6.07) is 0.799. The van der Waals surface area contributed by atoms with E-state index in [0.717, 1.165) is 25.7 Å². The third kappa shape index (κ3) is 4.65. The molecule has 4 nitrogen and oxygen atoms in total. The normalized spacial score (nSPS) is 30.4. The van der Waals surface area contributed by atoms with E-state index in [9.17, 15) is 5.11 Å². The Morgan fingerprint density at radius 1 is 1.19 bits per heavy atom. The number of aliphatic hydroxyl groups excluding tert-OH is 1. The first-order chi connectivity index (χ1) is 10.3. The summed E-state index contributed by atoms with van der Waals surface area (Å²) in [4.78, 5) is 2.67. The van der Waals surface area contributed by atoms with Gasteiger partial charge >= 0.3 is 0 Å². The third-order valence-corrected chi connectivity index (χ3v) is 5.60. The molecule has 4 heteroatoms. The van der Waals surface area contributed by atoms with E-state index in [1.54, 1.807) is 0 Å². The number of hydrogen-bond acceptors (Lipinski definition) is 4. The maximum absolute atomic E-state index is 9.18. The number of ether oxygens (including phenoxy) is 1. The highest BCUT2D eigenvalue weighted by Gasteiger charge is 2.37. The number of hydrogen-bond donors (Lipinski definition) is 2. The maximum Gasteiger partial charge on any atom is 0.0472 e. The Bertz CT molecular complexity index is 312. The summed E-state index contributed by atoms with van der Waals surface area (Å²) in [5, 5.41) is 13.0. The van der Waals surface area contributed by atoms with E-state index < -0.39 is 0 Å². The standard InChI is InChI=1S/C17H32N2O2/c20-9-5-15-2-1-8-19(12-15)14-17(6-10-21-11-7-17)13-18-16-3-4-16/h15-16,18,20H,1-14H2. The molecule has 0 aromatic rings. The van der Waals surface area contributed by atoms with E-state index in [1.165, 1.54) is 64.7 Å². The lowest BCUT2D eigenvalue weighted by Crippen LogP contribution is -2.50. The van der Waals surface area contributed by atoms with Gasteiger partial charge in [0.25, 0.3) is 0 Å². The van der Waals surface area contributed by atoms with Crippen molar-refractivity contribution < 1.29 is 9.84 Å². The van der Waals surface area contributed by atoms with Crippen molar-refractivity contribution in [2.75, 3.05) is 46.0 Å². The van der Waals surface area contributed by atoms with Crippen LogP contribution in [0.3, 0.4) is 0 Å². The highest BCUT2D eigenvalue weighted by molar-refractivity contribution is 4.92. The van der Waals surface area contributed by atoms with Gasteiger partial charge in [-0.1, -0.05) is 0 Å². The van der Waals surface area contributed by atoms with E-state index in [-0.39, 0.29) is 0 Å². The van der Waals surface area contributed by atoms with Crippen LogP contribution in [0.1, 0.15) is 44.9 Å². The van der Waals surface area contributed by atoms with E-state index >= 15 is 0 Å². The highest BCUT2D eigenvalue weighted by atomic mass is 16.5. The molecule has 0 radical (unpaired) electrons. The lowest BCUT2D eigenvalue weighted by atomic mass is 9.78. The Balaban J connectivity index is 1.54. The zero-order valence-corrected chi connectivity index (χ0v) is 13.4. The van der Waals surface area contributed by atoms with Crippen molar-refractivity contribution in [2.45, 2.75) is 51.0 Å². The first-order valence-electron chi connectivity index (χ1n) is 8.94. The van der Waals surface area contributed by atoms with Gasteiger partial charge in [-0.05, 0) is 62.8 Å². The molecule has 1 unspecified atom stereocenters. The summed E-state index contributed by atoms with van der Waals surface area (Å²) < 4.78 is 5.62. The molecule has 3 rings (SSSR count). The fourth-order valence-electron chi connectivity index (χ4n) is 4.03. The van der Waals surface area contributed by atoms with Gasteiger partial charge in [-0.2, -0.15) is 0 Å². The van der Waals surface area contributed by atoms with Crippen LogP contribution in [-0.2, 0) is 4.74 Å². The van der Waals surface area contributed by atoms with Crippen molar-refractivity contribution in [1.82, 2.24) is 10.2 Å². The lowest BCUT2D eigenvalue weighted by molar-refractivity contribution is -0.0121. The van der Waals surface area contributed by atoms with Crippen LogP contribution in [0.25, 0.3) is 0 Å². The topological polar surface area (TPSA) is 44.7 Å². The average molecular weight is 296 g/mol. The van der Waals surface area contributed by atoms with Gasteiger partial charge in [-0.15, -0.1) is 0 Å². The number of likely N-dealkylation sites (tertiary alicyclic amines) is 1. The van der Waals surface area contributed by atoms with Crippen molar-refractivity contribution in [3.63, 3.8) is 0 Å². The smallest absolute Gasteiger partial charge is 0.0472 e. The fraction of sp³-hybridized carbons (Fsp3) is 1.00. The van der Waals surface area contributed by atoms with Crippen LogP contribution in [0.5, 0.6) is 0 Å². The van der Waals surface area contributed by atoms with Crippen LogP contribution in [0.2, 0.25) is 0 Å². The van der Waals surface area contributed by atoms with E-state index in [0.29, 0.717) is 17.9 Å². The molecule has 1 saturated carbocycles. The van der Waals surface area contributed by atoms with Crippen LogP contribution in [0.4, 0.5) is 0 Å². The Morgan fingerprint density at radius 2 is 2.00 bits per heavy atom. The zero-order valence-electron chi connectivity index (χ0n) is 13.4. The van der Waals surface area contributed by atoms with Crippen molar-refractivity contribution in [1.29, 1.82) is 0 Å². The predicted octanol–water partition coefficient (Wildman–Crippen LogP) is 1.63. The minimum Gasteiger partial charge on any atom is -0.396 e. The molecule has 3 fully saturated rings. The van der Waals surface area contributed by atoms with Crippen molar-refractivity contribution >= 4 is 0 Å². The molecule has 1 atom stereocenters. The number of nitrogens with one attached hydrogen (secondary N) is 1. The van der Waals surface area contributed by atoms with Crippen LogP contribution >= 0.6 is 0 Å². The molecule has 2 N–H and O–H groups in total. The average Bonchev–Trinajstić information content (AvgIpc) is 3.31. The second-order valence-corrected chi connectivity index (χ2v) is 7.52. The molecule has 0 bridgehead atoms. The second-order valence-electron chi connectivity index (χ2n) is 7.52. The van der Waals surface area contributed by atoms with E-state index in [4.69, 9.17) is 4.74 Å². The number of nitrogens with zero attached hydrogens (tertiary/aromatic N) is 1. The number of aliphatic hydroxyl groups is 1. The molecule has 0 aromatic carbocycles.